The van der Waals surface area contributed by atoms with E-state index >= 15 is 0 Å². The van der Waals surface area contributed by atoms with Crippen molar-refractivity contribution in [3.05, 3.63) is 22.8 Å². The van der Waals surface area contributed by atoms with E-state index in [1.807, 2.05) is 0 Å². The van der Waals surface area contributed by atoms with E-state index in [0.29, 0.717) is 5.92 Å². The topological polar surface area (TPSA) is 37.8 Å². The molecular formula is C17H29N3. The van der Waals surface area contributed by atoms with Crippen molar-refractivity contribution in [2.75, 3.05) is 13.1 Å². The van der Waals surface area contributed by atoms with Crippen LogP contribution in [0.1, 0.15) is 68.2 Å². The number of aromatic nitrogens is 2. The van der Waals surface area contributed by atoms with E-state index in [1.165, 1.54) is 42.6 Å². The molecular weight excluding hydrogens is 246 g/mol. The van der Waals surface area contributed by atoms with Crippen molar-refractivity contribution in [3.63, 3.8) is 0 Å². The van der Waals surface area contributed by atoms with Gasteiger partial charge < -0.3 is 5.32 Å². The number of nitrogens with one attached hydrogen (secondary N) is 1. The van der Waals surface area contributed by atoms with Gasteiger partial charge in [0.1, 0.15) is 5.82 Å². The third-order valence-corrected chi connectivity index (χ3v) is 4.48. The molecule has 0 aliphatic heterocycles. The Morgan fingerprint density at radius 2 is 1.80 bits per heavy atom. The molecule has 2 rings (SSSR count). The molecule has 1 aliphatic carbocycles. The Morgan fingerprint density at radius 3 is 2.35 bits per heavy atom. The van der Waals surface area contributed by atoms with Crippen LogP contribution in [-0.2, 0) is 6.42 Å². The zero-order valence-electron chi connectivity index (χ0n) is 13.5. The highest BCUT2D eigenvalue weighted by atomic mass is 14.9. The van der Waals surface area contributed by atoms with Crippen LogP contribution in [0.3, 0.4) is 0 Å². The molecule has 0 aromatic carbocycles. The normalized spacial score (nSPS) is 22.4. The van der Waals surface area contributed by atoms with Crippen LogP contribution in [0.4, 0.5) is 0 Å². The van der Waals surface area contributed by atoms with Gasteiger partial charge in [0.25, 0.3) is 0 Å². The van der Waals surface area contributed by atoms with E-state index in [2.05, 4.69) is 33.0 Å². The molecule has 1 heterocycles. The molecule has 1 aromatic rings. The van der Waals surface area contributed by atoms with Crippen molar-refractivity contribution in [2.45, 2.75) is 65.7 Å². The van der Waals surface area contributed by atoms with Crippen LogP contribution in [0.5, 0.6) is 0 Å². The summed E-state index contributed by atoms with van der Waals surface area (Å²) < 4.78 is 0. The van der Waals surface area contributed by atoms with Gasteiger partial charge in [-0.2, -0.15) is 0 Å². The molecule has 0 saturated heterocycles. The summed E-state index contributed by atoms with van der Waals surface area (Å²) in [7, 11) is 0. The molecule has 0 spiro atoms. The predicted molar refractivity (Wildman–Crippen MR) is 84.1 cm³/mol. The number of hydrogen-bond acceptors (Lipinski definition) is 3. The van der Waals surface area contributed by atoms with E-state index in [1.54, 1.807) is 0 Å². The van der Waals surface area contributed by atoms with E-state index in [-0.39, 0.29) is 0 Å². The highest BCUT2D eigenvalue weighted by Crippen LogP contribution is 2.36. The minimum Gasteiger partial charge on any atom is -0.316 e. The third-order valence-electron chi connectivity index (χ3n) is 4.48. The van der Waals surface area contributed by atoms with Gasteiger partial charge in [-0.1, -0.05) is 13.8 Å². The monoisotopic (exact) mass is 275 g/mol. The molecule has 0 amide bonds. The molecule has 3 heteroatoms. The molecule has 1 N–H and O–H groups in total. The zero-order chi connectivity index (χ0) is 14.5. The SMILES string of the molecule is CCCNCCc1c(C)nc(C2CCC(C)C2)nc1C. The van der Waals surface area contributed by atoms with E-state index in [9.17, 15) is 0 Å². The van der Waals surface area contributed by atoms with Crippen molar-refractivity contribution in [1.82, 2.24) is 15.3 Å². The second kappa shape index (κ2) is 7.16. The van der Waals surface area contributed by atoms with Crippen molar-refractivity contribution in [3.8, 4) is 0 Å². The van der Waals surface area contributed by atoms with Gasteiger partial charge in [-0.3, -0.25) is 0 Å². The number of nitrogens with zero attached hydrogens (tertiary/aromatic N) is 2. The smallest absolute Gasteiger partial charge is 0.131 e. The molecule has 3 nitrogen and oxygen atoms in total. The Bertz CT molecular complexity index is 419. The fourth-order valence-electron chi connectivity index (χ4n) is 3.27. The first-order valence-corrected chi connectivity index (χ1v) is 8.16. The van der Waals surface area contributed by atoms with E-state index in [4.69, 9.17) is 9.97 Å². The highest BCUT2D eigenvalue weighted by Gasteiger charge is 2.25. The standard InChI is InChI=1S/C17H29N3/c1-5-9-18-10-8-16-13(3)19-17(20-14(16)4)15-7-6-12(2)11-15/h12,15,18H,5-11H2,1-4H3. The molecule has 2 unspecified atom stereocenters. The molecule has 1 saturated carbocycles. The fraction of sp³-hybridized carbons (Fsp3) is 0.765. The van der Waals surface area contributed by atoms with Gasteiger partial charge in [-0.25, -0.2) is 9.97 Å². The Kier molecular flexibility index (Phi) is 5.53. The van der Waals surface area contributed by atoms with Crippen LogP contribution in [-0.4, -0.2) is 23.1 Å². The molecule has 0 radical (unpaired) electrons. The van der Waals surface area contributed by atoms with Crippen LogP contribution < -0.4 is 5.32 Å². The highest BCUT2D eigenvalue weighted by molar-refractivity contribution is 5.25. The maximum absolute atomic E-state index is 4.81. The Balaban J connectivity index is 2.04. The number of aryl methyl sites for hydroxylation is 2. The summed E-state index contributed by atoms with van der Waals surface area (Å²) in [6, 6.07) is 0. The summed E-state index contributed by atoms with van der Waals surface area (Å²) >= 11 is 0. The fourth-order valence-corrected chi connectivity index (χ4v) is 3.27. The lowest BCUT2D eigenvalue weighted by Gasteiger charge is -2.14. The average molecular weight is 275 g/mol. The van der Waals surface area contributed by atoms with Gasteiger partial charge in [0.05, 0.1) is 0 Å². The molecule has 1 aliphatic rings. The summed E-state index contributed by atoms with van der Waals surface area (Å²) in [4.78, 5) is 9.62. The summed E-state index contributed by atoms with van der Waals surface area (Å²) in [5, 5.41) is 3.46. The molecule has 20 heavy (non-hydrogen) atoms. The summed E-state index contributed by atoms with van der Waals surface area (Å²) in [6.45, 7) is 10.9. The maximum Gasteiger partial charge on any atom is 0.131 e. The second-order valence-electron chi connectivity index (χ2n) is 6.35. The first kappa shape index (κ1) is 15.4. The second-order valence-corrected chi connectivity index (χ2v) is 6.35. The van der Waals surface area contributed by atoms with Crippen LogP contribution >= 0.6 is 0 Å². The average Bonchev–Trinajstić information content (AvgIpc) is 2.83. The quantitative estimate of drug-likeness (QED) is 0.807. The van der Waals surface area contributed by atoms with Crippen LogP contribution in [0.15, 0.2) is 0 Å². The minimum atomic E-state index is 0.592. The summed E-state index contributed by atoms with van der Waals surface area (Å²) in [5.74, 6) is 2.52. The van der Waals surface area contributed by atoms with Gasteiger partial charge in [0.2, 0.25) is 0 Å². The van der Waals surface area contributed by atoms with Crippen LogP contribution in [0, 0.1) is 19.8 Å². The van der Waals surface area contributed by atoms with Crippen molar-refractivity contribution in [1.29, 1.82) is 0 Å². The van der Waals surface area contributed by atoms with Crippen molar-refractivity contribution >= 4 is 0 Å². The molecule has 1 fully saturated rings. The largest absolute Gasteiger partial charge is 0.316 e. The van der Waals surface area contributed by atoms with Crippen LogP contribution in [0.2, 0.25) is 0 Å². The number of rotatable bonds is 6. The zero-order valence-corrected chi connectivity index (χ0v) is 13.5. The van der Waals surface area contributed by atoms with Gasteiger partial charge in [-0.05, 0) is 70.5 Å². The van der Waals surface area contributed by atoms with E-state index < -0.39 is 0 Å². The molecule has 0 bridgehead atoms. The van der Waals surface area contributed by atoms with Crippen LogP contribution in [0.25, 0.3) is 0 Å². The lowest BCUT2D eigenvalue weighted by Crippen LogP contribution is -2.19. The predicted octanol–water partition coefficient (Wildman–Crippen LogP) is 3.54. The van der Waals surface area contributed by atoms with E-state index in [0.717, 1.165) is 31.3 Å². The van der Waals surface area contributed by atoms with Gasteiger partial charge >= 0.3 is 0 Å². The first-order valence-electron chi connectivity index (χ1n) is 8.16. The van der Waals surface area contributed by atoms with Gasteiger partial charge in [-0.15, -0.1) is 0 Å². The molecule has 112 valence electrons. The lowest BCUT2D eigenvalue weighted by molar-refractivity contribution is 0.582. The minimum absolute atomic E-state index is 0.592. The van der Waals surface area contributed by atoms with Crippen molar-refractivity contribution < 1.29 is 0 Å². The first-order chi connectivity index (χ1) is 9.61. The Labute approximate surface area is 123 Å². The van der Waals surface area contributed by atoms with Crippen molar-refractivity contribution in [2.24, 2.45) is 5.92 Å². The number of hydrogen-bond donors (Lipinski definition) is 1. The van der Waals surface area contributed by atoms with Gasteiger partial charge in [0, 0.05) is 17.3 Å². The third kappa shape index (κ3) is 3.78. The Hall–Kier alpha value is -0.960. The maximum atomic E-state index is 4.81. The Morgan fingerprint density at radius 1 is 1.10 bits per heavy atom. The summed E-state index contributed by atoms with van der Waals surface area (Å²) in [6.07, 6.45) is 6.08. The molecule has 1 aromatic heterocycles. The summed E-state index contributed by atoms with van der Waals surface area (Å²) in [5.41, 5.74) is 3.71. The lowest BCUT2D eigenvalue weighted by atomic mass is 10.0. The molecule has 2 atom stereocenters. The van der Waals surface area contributed by atoms with Gasteiger partial charge in [0.15, 0.2) is 0 Å².